The summed E-state index contributed by atoms with van der Waals surface area (Å²) in [5.41, 5.74) is 0.325. The second-order valence-corrected chi connectivity index (χ2v) is 3.76. The molecule has 88 valence electrons. The molecule has 1 aromatic heterocycles. The van der Waals surface area contributed by atoms with Gasteiger partial charge in [0.1, 0.15) is 11.6 Å². The van der Waals surface area contributed by atoms with Crippen LogP contribution in [0.5, 0.6) is 0 Å². The second kappa shape index (κ2) is 4.50. The third-order valence-electron chi connectivity index (χ3n) is 2.09. The van der Waals surface area contributed by atoms with Crippen molar-refractivity contribution < 1.29 is 14.3 Å². The summed E-state index contributed by atoms with van der Waals surface area (Å²) >= 11 is 5.73. The number of H-pyrrole nitrogens is 1. The molecule has 17 heavy (non-hydrogen) atoms. The number of rotatable bonds is 3. The van der Waals surface area contributed by atoms with Crippen molar-refractivity contribution in [1.29, 1.82) is 0 Å². The lowest BCUT2D eigenvalue weighted by Crippen LogP contribution is -1.99. The van der Waals surface area contributed by atoms with Gasteiger partial charge >= 0.3 is 5.97 Å². The summed E-state index contributed by atoms with van der Waals surface area (Å²) in [5, 5.41) is 14.9. The van der Waals surface area contributed by atoms with E-state index < -0.39 is 11.8 Å². The standard InChI is InChI=1S/C10H7ClFN3O2/c11-6-1-2-7(12)5(3-6)4-8-13-9(10(16)17)15-14-8/h1-3H,4H2,(H,16,17)(H,13,14,15). The van der Waals surface area contributed by atoms with Crippen LogP contribution >= 0.6 is 11.6 Å². The van der Waals surface area contributed by atoms with E-state index in [1.54, 1.807) is 0 Å². The fourth-order valence-electron chi connectivity index (χ4n) is 1.33. The van der Waals surface area contributed by atoms with E-state index >= 15 is 0 Å². The lowest BCUT2D eigenvalue weighted by Gasteiger charge is -2.00. The Hall–Kier alpha value is -1.95. The third kappa shape index (κ3) is 2.59. The van der Waals surface area contributed by atoms with Gasteiger partial charge in [0.15, 0.2) is 0 Å². The molecule has 0 spiro atoms. The number of benzene rings is 1. The van der Waals surface area contributed by atoms with Crippen molar-refractivity contribution in [2.24, 2.45) is 0 Å². The van der Waals surface area contributed by atoms with Crippen LogP contribution in [0.15, 0.2) is 18.2 Å². The fourth-order valence-corrected chi connectivity index (χ4v) is 1.52. The predicted molar refractivity (Wildman–Crippen MR) is 57.6 cm³/mol. The molecule has 0 radical (unpaired) electrons. The molecule has 0 unspecified atom stereocenters. The molecular weight excluding hydrogens is 249 g/mol. The van der Waals surface area contributed by atoms with Crippen molar-refractivity contribution in [3.8, 4) is 0 Å². The number of hydrogen-bond acceptors (Lipinski definition) is 3. The predicted octanol–water partition coefficient (Wildman–Crippen LogP) is 1.89. The molecule has 0 saturated heterocycles. The molecule has 0 aliphatic rings. The number of aromatic carboxylic acids is 1. The van der Waals surface area contributed by atoms with Crippen LogP contribution in [0.4, 0.5) is 4.39 Å². The molecule has 2 rings (SSSR count). The zero-order chi connectivity index (χ0) is 12.4. The minimum Gasteiger partial charge on any atom is -0.475 e. The van der Waals surface area contributed by atoms with Crippen LogP contribution in [-0.4, -0.2) is 26.3 Å². The highest BCUT2D eigenvalue weighted by Crippen LogP contribution is 2.16. The lowest BCUT2D eigenvalue weighted by molar-refractivity contribution is 0.0684. The highest BCUT2D eigenvalue weighted by molar-refractivity contribution is 6.30. The highest BCUT2D eigenvalue weighted by atomic mass is 35.5. The topological polar surface area (TPSA) is 78.9 Å². The van der Waals surface area contributed by atoms with Crippen molar-refractivity contribution >= 4 is 17.6 Å². The van der Waals surface area contributed by atoms with Gasteiger partial charge in [-0.25, -0.2) is 14.2 Å². The number of aromatic amines is 1. The van der Waals surface area contributed by atoms with Crippen LogP contribution in [0.2, 0.25) is 5.02 Å². The number of carboxylic acids is 1. The average molecular weight is 256 g/mol. The Bertz CT molecular complexity index is 570. The number of carbonyl (C=O) groups is 1. The van der Waals surface area contributed by atoms with Crippen LogP contribution in [0.25, 0.3) is 0 Å². The number of aromatic nitrogens is 3. The summed E-state index contributed by atoms with van der Waals surface area (Å²) < 4.78 is 13.4. The first-order valence-corrected chi connectivity index (χ1v) is 5.02. The van der Waals surface area contributed by atoms with Crippen molar-refractivity contribution in [2.45, 2.75) is 6.42 Å². The van der Waals surface area contributed by atoms with Crippen LogP contribution in [0, 0.1) is 5.82 Å². The molecular formula is C10H7ClFN3O2. The van der Waals surface area contributed by atoms with Crippen molar-refractivity contribution in [3.63, 3.8) is 0 Å². The molecule has 0 aliphatic carbocycles. The Morgan fingerprint density at radius 2 is 2.29 bits per heavy atom. The van der Waals surface area contributed by atoms with Crippen molar-refractivity contribution in [2.75, 3.05) is 0 Å². The first kappa shape index (κ1) is 11.5. The van der Waals surface area contributed by atoms with Gasteiger partial charge in [-0.2, -0.15) is 0 Å². The molecule has 2 aromatic rings. The van der Waals surface area contributed by atoms with E-state index in [9.17, 15) is 9.18 Å². The molecule has 7 heteroatoms. The van der Waals surface area contributed by atoms with Crippen LogP contribution < -0.4 is 0 Å². The highest BCUT2D eigenvalue weighted by Gasteiger charge is 2.12. The second-order valence-electron chi connectivity index (χ2n) is 3.32. The molecule has 1 heterocycles. The Morgan fingerprint density at radius 3 is 2.94 bits per heavy atom. The summed E-state index contributed by atoms with van der Waals surface area (Å²) in [6, 6.07) is 4.13. The van der Waals surface area contributed by atoms with Crippen LogP contribution in [-0.2, 0) is 6.42 Å². The number of carboxylic acid groups (broad SMARTS) is 1. The maximum Gasteiger partial charge on any atom is 0.375 e. The summed E-state index contributed by atoms with van der Waals surface area (Å²) in [6.45, 7) is 0. The van der Waals surface area contributed by atoms with Gasteiger partial charge in [0, 0.05) is 11.4 Å². The van der Waals surface area contributed by atoms with Gasteiger partial charge in [0.2, 0.25) is 0 Å². The quantitative estimate of drug-likeness (QED) is 0.878. The molecule has 0 bridgehead atoms. The molecule has 5 nitrogen and oxygen atoms in total. The van der Waals surface area contributed by atoms with E-state index in [1.807, 2.05) is 0 Å². The fraction of sp³-hybridized carbons (Fsp3) is 0.100. The lowest BCUT2D eigenvalue weighted by atomic mass is 10.1. The number of halogens is 2. The zero-order valence-corrected chi connectivity index (χ0v) is 9.20. The minimum atomic E-state index is -1.24. The Labute approximate surface area is 100 Å². The smallest absolute Gasteiger partial charge is 0.375 e. The first-order valence-electron chi connectivity index (χ1n) is 4.65. The van der Waals surface area contributed by atoms with Crippen molar-refractivity contribution in [1.82, 2.24) is 15.2 Å². The van der Waals surface area contributed by atoms with Gasteiger partial charge in [0.05, 0.1) is 0 Å². The molecule has 0 saturated carbocycles. The molecule has 0 amide bonds. The van der Waals surface area contributed by atoms with E-state index in [2.05, 4.69) is 15.2 Å². The molecule has 2 N–H and O–H groups in total. The van der Waals surface area contributed by atoms with E-state index in [0.29, 0.717) is 10.6 Å². The minimum absolute atomic E-state index is 0.104. The van der Waals surface area contributed by atoms with Crippen molar-refractivity contribution in [3.05, 3.63) is 46.3 Å². The van der Waals surface area contributed by atoms with E-state index in [1.165, 1.54) is 18.2 Å². The Balaban J connectivity index is 2.25. The average Bonchev–Trinajstić information content (AvgIpc) is 2.72. The van der Waals surface area contributed by atoms with Gasteiger partial charge in [0.25, 0.3) is 5.82 Å². The number of nitrogens with zero attached hydrogens (tertiary/aromatic N) is 2. The number of nitrogens with one attached hydrogen (secondary N) is 1. The van der Waals surface area contributed by atoms with Gasteiger partial charge in [-0.05, 0) is 23.8 Å². The monoisotopic (exact) mass is 255 g/mol. The summed E-state index contributed by atoms with van der Waals surface area (Å²) in [5.74, 6) is -1.74. The maximum atomic E-state index is 13.4. The Kier molecular flexibility index (Phi) is 3.06. The molecule has 0 atom stereocenters. The third-order valence-corrected chi connectivity index (χ3v) is 2.32. The van der Waals surface area contributed by atoms with E-state index in [4.69, 9.17) is 16.7 Å². The van der Waals surface area contributed by atoms with Crippen LogP contribution in [0.3, 0.4) is 0 Å². The van der Waals surface area contributed by atoms with E-state index in [-0.39, 0.29) is 18.1 Å². The first-order chi connectivity index (χ1) is 8.06. The SMILES string of the molecule is O=C(O)c1n[nH]c(Cc2cc(Cl)ccc2F)n1. The normalized spacial score (nSPS) is 10.5. The summed E-state index contributed by atoms with van der Waals surface area (Å²) in [6.07, 6.45) is 0.104. The van der Waals surface area contributed by atoms with Gasteiger partial charge in [-0.3, -0.25) is 5.10 Å². The maximum absolute atomic E-state index is 13.4. The zero-order valence-electron chi connectivity index (χ0n) is 8.44. The van der Waals surface area contributed by atoms with Gasteiger partial charge in [-0.15, -0.1) is 5.10 Å². The molecule has 1 aromatic carbocycles. The van der Waals surface area contributed by atoms with E-state index in [0.717, 1.165) is 0 Å². The Morgan fingerprint density at radius 1 is 1.53 bits per heavy atom. The largest absolute Gasteiger partial charge is 0.475 e. The summed E-state index contributed by atoms with van der Waals surface area (Å²) in [4.78, 5) is 14.2. The molecule has 0 fully saturated rings. The number of hydrogen-bond donors (Lipinski definition) is 2. The van der Waals surface area contributed by atoms with Gasteiger partial charge < -0.3 is 5.11 Å². The summed E-state index contributed by atoms with van der Waals surface area (Å²) in [7, 11) is 0. The van der Waals surface area contributed by atoms with Gasteiger partial charge in [-0.1, -0.05) is 11.6 Å². The molecule has 0 aliphatic heterocycles. The van der Waals surface area contributed by atoms with Crippen LogP contribution in [0.1, 0.15) is 22.0 Å².